The minimum Gasteiger partial charge on any atom is -0.378 e. The van der Waals surface area contributed by atoms with E-state index in [9.17, 15) is 5.11 Å². The molecule has 0 aromatic rings. The fraction of sp³-hybridized carbons (Fsp3) is 1.00. The number of piperidine rings is 1. The monoisotopic (exact) mass is 143 g/mol. The van der Waals surface area contributed by atoms with Crippen LogP contribution in [0, 0.1) is 5.92 Å². The summed E-state index contributed by atoms with van der Waals surface area (Å²) in [5.41, 5.74) is 0. The van der Waals surface area contributed by atoms with Crippen molar-refractivity contribution in [3.63, 3.8) is 0 Å². The van der Waals surface area contributed by atoms with E-state index >= 15 is 0 Å². The number of aliphatic hydroxyl groups excluding tert-OH is 1. The summed E-state index contributed by atoms with van der Waals surface area (Å²) >= 11 is 0. The molecule has 2 nitrogen and oxygen atoms in total. The lowest BCUT2D eigenvalue weighted by Gasteiger charge is -2.33. The first kappa shape index (κ1) is 8.02. The molecule has 1 saturated heterocycles. The first-order valence-electron chi connectivity index (χ1n) is 4.12. The van der Waals surface area contributed by atoms with Gasteiger partial charge in [-0.25, -0.2) is 0 Å². The molecule has 10 heavy (non-hydrogen) atoms. The summed E-state index contributed by atoms with van der Waals surface area (Å²) in [6, 6.07) is 0. The van der Waals surface area contributed by atoms with Crippen molar-refractivity contribution in [1.82, 2.24) is 4.90 Å². The van der Waals surface area contributed by atoms with Crippen molar-refractivity contribution in [3.05, 3.63) is 0 Å². The molecule has 1 aliphatic heterocycles. The SMILES string of the molecule is CCC1CCC(O)N(C)C1. The van der Waals surface area contributed by atoms with Crippen molar-refractivity contribution in [3.8, 4) is 0 Å². The Morgan fingerprint density at radius 1 is 1.50 bits per heavy atom. The van der Waals surface area contributed by atoms with Crippen LogP contribution in [0.2, 0.25) is 0 Å². The van der Waals surface area contributed by atoms with Gasteiger partial charge in [0, 0.05) is 6.54 Å². The van der Waals surface area contributed by atoms with E-state index in [4.69, 9.17) is 0 Å². The highest BCUT2D eigenvalue weighted by molar-refractivity contribution is 4.71. The molecule has 1 heterocycles. The molecule has 0 spiro atoms. The Kier molecular flexibility index (Phi) is 2.69. The number of likely N-dealkylation sites (tertiary alicyclic amines) is 1. The lowest BCUT2D eigenvalue weighted by molar-refractivity contribution is -0.0248. The lowest BCUT2D eigenvalue weighted by atomic mass is 9.95. The molecular formula is C8H17NO. The van der Waals surface area contributed by atoms with Crippen LogP contribution >= 0.6 is 0 Å². The van der Waals surface area contributed by atoms with E-state index in [1.807, 2.05) is 11.9 Å². The topological polar surface area (TPSA) is 23.5 Å². The highest BCUT2D eigenvalue weighted by Gasteiger charge is 2.21. The standard InChI is InChI=1S/C8H17NO/c1-3-7-4-5-8(10)9(2)6-7/h7-8,10H,3-6H2,1-2H3. The minimum atomic E-state index is -0.178. The molecule has 1 aliphatic rings. The van der Waals surface area contributed by atoms with Crippen LogP contribution < -0.4 is 0 Å². The highest BCUT2D eigenvalue weighted by atomic mass is 16.3. The van der Waals surface area contributed by atoms with E-state index in [0.29, 0.717) is 0 Å². The number of nitrogens with zero attached hydrogens (tertiary/aromatic N) is 1. The molecule has 0 aliphatic carbocycles. The Bertz CT molecular complexity index is 105. The summed E-state index contributed by atoms with van der Waals surface area (Å²) < 4.78 is 0. The zero-order valence-corrected chi connectivity index (χ0v) is 6.88. The van der Waals surface area contributed by atoms with Gasteiger partial charge in [-0.3, -0.25) is 4.90 Å². The van der Waals surface area contributed by atoms with E-state index in [1.54, 1.807) is 0 Å². The van der Waals surface area contributed by atoms with Crippen LogP contribution in [-0.4, -0.2) is 29.8 Å². The Morgan fingerprint density at radius 2 is 2.20 bits per heavy atom. The van der Waals surface area contributed by atoms with Gasteiger partial charge in [0.15, 0.2) is 0 Å². The largest absolute Gasteiger partial charge is 0.378 e. The maximum Gasteiger partial charge on any atom is 0.107 e. The summed E-state index contributed by atoms with van der Waals surface area (Å²) in [5, 5.41) is 9.32. The zero-order chi connectivity index (χ0) is 7.56. The van der Waals surface area contributed by atoms with Gasteiger partial charge in [-0.2, -0.15) is 0 Å². The Morgan fingerprint density at radius 3 is 2.70 bits per heavy atom. The van der Waals surface area contributed by atoms with Gasteiger partial charge in [0.2, 0.25) is 0 Å². The number of hydrogen-bond acceptors (Lipinski definition) is 2. The van der Waals surface area contributed by atoms with Crippen LogP contribution in [0.15, 0.2) is 0 Å². The van der Waals surface area contributed by atoms with Gasteiger partial charge in [-0.15, -0.1) is 0 Å². The third-order valence-electron chi connectivity index (χ3n) is 2.47. The molecule has 0 aromatic carbocycles. The van der Waals surface area contributed by atoms with E-state index < -0.39 is 0 Å². The van der Waals surface area contributed by atoms with Crippen molar-refractivity contribution < 1.29 is 5.11 Å². The average molecular weight is 143 g/mol. The van der Waals surface area contributed by atoms with Gasteiger partial charge in [0.05, 0.1) is 0 Å². The van der Waals surface area contributed by atoms with Gasteiger partial charge in [0.25, 0.3) is 0 Å². The Labute approximate surface area is 62.8 Å². The van der Waals surface area contributed by atoms with Crippen LogP contribution in [0.25, 0.3) is 0 Å². The average Bonchev–Trinajstić information content (AvgIpc) is 1.95. The minimum absolute atomic E-state index is 0.178. The molecule has 1 fully saturated rings. The van der Waals surface area contributed by atoms with E-state index in [-0.39, 0.29) is 6.23 Å². The number of aliphatic hydroxyl groups is 1. The van der Waals surface area contributed by atoms with E-state index in [1.165, 1.54) is 12.8 Å². The Balaban J connectivity index is 2.33. The van der Waals surface area contributed by atoms with Crippen molar-refractivity contribution in [2.45, 2.75) is 32.4 Å². The van der Waals surface area contributed by atoms with Crippen LogP contribution in [0.4, 0.5) is 0 Å². The van der Waals surface area contributed by atoms with Crippen molar-refractivity contribution in [2.75, 3.05) is 13.6 Å². The quantitative estimate of drug-likeness (QED) is 0.593. The fourth-order valence-corrected chi connectivity index (χ4v) is 1.56. The molecule has 1 N–H and O–H groups in total. The Hall–Kier alpha value is -0.0800. The van der Waals surface area contributed by atoms with Crippen molar-refractivity contribution in [1.29, 1.82) is 0 Å². The normalized spacial score (nSPS) is 36.3. The molecule has 60 valence electrons. The third-order valence-corrected chi connectivity index (χ3v) is 2.47. The zero-order valence-electron chi connectivity index (χ0n) is 6.88. The van der Waals surface area contributed by atoms with Crippen molar-refractivity contribution in [2.24, 2.45) is 5.92 Å². The van der Waals surface area contributed by atoms with Gasteiger partial charge in [-0.05, 0) is 25.8 Å². The second-order valence-corrected chi connectivity index (χ2v) is 3.27. The molecule has 0 bridgehead atoms. The first-order chi connectivity index (χ1) is 4.74. The van der Waals surface area contributed by atoms with Gasteiger partial charge < -0.3 is 5.11 Å². The predicted octanol–water partition coefficient (Wildman–Crippen LogP) is 1.06. The predicted molar refractivity (Wildman–Crippen MR) is 41.7 cm³/mol. The third kappa shape index (κ3) is 1.70. The van der Waals surface area contributed by atoms with Crippen LogP contribution in [-0.2, 0) is 0 Å². The summed E-state index contributed by atoms with van der Waals surface area (Å²) in [4.78, 5) is 2.04. The first-order valence-corrected chi connectivity index (χ1v) is 4.12. The fourth-order valence-electron chi connectivity index (χ4n) is 1.56. The summed E-state index contributed by atoms with van der Waals surface area (Å²) in [6.45, 7) is 3.29. The summed E-state index contributed by atoms with van der Waals surface area (Å²) in [7, 11) is 1.99. The van der Waals surface area contributed by atoms with E-state index in [2.05, 4.69) is 6.92 Å². The molecular weight excluding hydrogens is 126 g/mol. The molecule has 0 amide bonds. The molecule has 0 radical (unpaired) electrons. The molecule has 2 atom stereocenters. The van der Waals surface area contributed by atoms with E-state index in [0.717, 1.165) is 18.9 Å². The van der Waals surface area contributed by atoms with Gasteiger partial charge in [0.1, 0.15) is 6.23 Å². The van der Waals surface area contributed by atoms with Crippen LogP contribution in [0.3, 0.4) is 0 Å². The second kappa shape index (κ2) is 3.35. The highest BCUT2D eigenvalue weighted by Crippen LogP contribution is 2.20. The van der Waals surface area contributed by atoms with Crippen molar-refractivity contribution >= 4 is 0 Å². The maximum atomic E-state index is 9.32. The second-order valence-electron chi connectivity index (χ2n) is 3.27. The summed E-state index contributed by atoms with van der Waals surface area (Å²) in [5.74, 6) is 0.813. The number of hydrogen-bond donors (Lipinski definition) is 1. The molecule has 2 heteroatoms. The maximum absolute atomic E-state index is 9.32. The van der Waals surface area contributed by atoms with Crippen LogP contribution in [0.5, 0.6) is 0 Å². The smallest absolute Gasteiger partial charge is 0.107 e. The van der Waals surface area contributed by atoms with Gasteiger partial charge >= 0.3 is 0 Å². The molecule has 0 saturated carbocycles. The molecule has 1 rings (SSSR count). The lowest BCUT2D eigenvalue weighted by Crippen LogP contribution is -2.40. The number of rotatable bonds is 1. The summed E-state index contributed by atoms with van der Waals surface area (Å²) in [6.07, 6.45) is 3.22. The van der Waals surface area contributed by atoms with Gasteiger partial charge in [-0.1, -0.05) is 13.3 Å². The molecule has 0 aromatic heterocycles. The van der Waals surface area contributed by atoms with Crippen LogP contribution in [0.1, 0.15) is 26.2 Å². The molecule has 2 unspecified atom stereocenters.